The smallest absolute Gasteiger partial charge is 0.307 e. The Morgan fingerprint density at radius 1 is 1.19 bits per heavy atom. The summed E-state index contributed by atoms with van der Waals surface area (Å²) in [7, 11) is 0. The van der Waals surface area contributed by atoms with Crippen LogP contribution in [0.3, 0.4) is 0 Å². The van der Waals surface area contributed by atoms with Crippen LogP contribution in [0.1, 0.15) is 25.3 Å². The van der Waals surface area contributed by atoms with Gasteiger partial charge in [0.2, 0.25) is 5.91 Å². The first-order chi connectivity index (χ1) is 10.2. The topological polar surface area (TPSA) is 91.2 Å². The Morgan fingerprint density at radius 3 is 2.48 bits per heavy atom. The average Bonchev–Trinajstić information content (AvgIpc) is 2.48. The Morgan fingerprint density at radius 2 is 1.86 bits per heavy atom. The third-order valence-corrected chi connectivity index (χ3v) is 2.64. The molecule has 0 heterocycles. The summed E-state index contributed by atoms with van der Waals surface area (Å²) in [5.41, 5.74) is 1.21. The quantitative estimate of drug-likeness (QED) is 0.558. The molecule has 0 aliphatic heterocycles. The molecule has 21 heavy (non-hydrogen) atoms. The molecule has 1 amide bonds. The average molecular weight is 289 g/mol. The largest absolute Gasteiger partial charge is 0.466 e. The molecule has 0 unspecified atom stereocenters. The highest BCUT2D eigenvalue weighted by Gasteiger charge is 2.03. The van der Waals surface area contributed by atoms with E-state index in [0.717, 1.165) is 0 Å². The first kappa shape index (κ1) is 16.7. The van der Waals surface area contributed by atoms with E-state index in [9.17, 15) is 9.59 Å². The van der Waals surface area contributed by atoms with Crippen LogP contribution in [0.5, 0.6) is 0 Å². The maximum atomic E-state index is 11.7. The van der Waals surface area contributed by atoms with Gasteiger partial charge in [-0.2, -0.15) is 5.26 Å². The molecule has 0 atom stereocenters. The first-order valence-corrected chi connectivity index (χ1v) is 6.82. The predicted octanol–water partition coefficient (Wildman–Crippen LogP) is 1.43. The summed E-state index contributed by atoms with van der Waals surface area (Å²) in [6, 6.07) is 8.68. The summed E-state index contributed by atoms with van der Waals surface area (Å²) in [5, 5.41) is 14.4. The van der Waals surface area contributed by atoms with Crippen LogP contribution in [-0.4, -0.2) is 31.6 Å². The molecule has 112 valence electrons. The molecule has 0 aliphatic rings. The van der Waals surface area contributed by atoms with Crippen molar-refractivity contribution in [3.8, 4) is 6.07 Å². The number of nitriles is 1. The standard InChI is InChI=1S/C15H19N3O3/c1-2-21-15(20)8-10-17-9-7-14(19)18-13-5-3-12(11-16)4-6-13/h3-6,17H,2,7-10H2,1H3,(H,18,19). The van der Waals surface area contributed by atoms with Crippen molar-refractivity contribution in [2.24, 2.45) is 0 Å². The second-order valence-corrected chi connectivity index (χ2v) is 4.29. The number of carbonyl (C=O) groups excluding carboxylic acids is 2. The molecule has 6 heteroatoms. The Balaban J connectivity index is 2.16. The van der Waals surface area contributed by atoms with Gasteiger partial charge in [-0.1, -0.05) is 0 Å². The highest BCUT2D eigenvalue weighted by Crippen LogP contribution is 2.08. The Bertz CT molecular complexity index is 506. The molecular weight excluding hydrogens is 270 g/mol. The second-order valence-electron chi connectivity index (χ2n) is 4.29. The lowest BCUT2D eigenvalue weighted by Gasteiger charge is -2.06. The van der Waals surface area contributed by atoms with E-state index in [1.54, 1.807) is 31.2 Å². The molecule has 1 rings (SSSR count). The molecule has 0 aromatic heterocycles. The molecule has 0 aliphatic carbocycles. The fourth-order valence-electron chi connectivity index (χ4n) is 1.60. The van der Waals surface area contributed by atoms with Gasteiger partial charge >= 0.3 is 5.97 Å². The molecule has 2 N–H and O–H groups in total. The number of benzene rings is 1. The minimum atomic E-state index is -0.243. The number of hydrogen-bond donors (Lipinski definition) is 2. The maximum Gasteiger partial charge on any atom is 0.307 e. The van der Waals surface area contributed by atoms with Gasteiger partial charge in [-0.3, -0.25) is 9.59 Å². The number of carbonyl (C=O) groups is 2. The molecular formula is C15H19N3O3. The number of nitrogens with zero attached hydrogens (tertiary/aromatic N) is 1. The number of ether oxygens (including phenoxy) is 1. The van der Waals surface area contributed by atoms with Crippen LogP contribution in [0.2, 0.25) is 0 Å². The molecule has 0 saturated carbocycles. The normalized spacial score (nSPS) is 9.71. The fourth-order valence-corrected chi connectivity index (χ4v) is 1.60. The van der Waals surface area contributed by atoms with Crippen LogP contribution in [0.15, 0.2) is 24.3 Å². The van der Waals surface area contributed by atoms with Crippen molar-refractivity contribution < 1.29 is 14.3 Å². The van der Waals surface area contributed by atoms with Gasteiger partial charge in [0, 0.05) is 25.2 Å². The van der Waals surface area contributed by atoms with Gasteiger partial charge < -0.3 is 15.4 Å². The predicted molar refractivity (Wildman–Crippen MR) is 78.5 cm³/mol. The van der Waals surface area contributed by atoms with E-state index < -0.39 is 0 Å². The third-order valence-electron chi connectivity index (χ3n) is 2.64. The van der Waals surface area contributed by atoms with Crippen LogP contribution in [0, 0.1) is 11.3 Å². The summed E-state index contributed by atoms with van der Waals surface area (Å²) in [6.45, 7) is 3.12. The summed E-state index contributed by atoms with van der Waals surface area (Å²) in [5.74, 6) is -0.365. The van der Waals surface area contributed by atoms with Gasteiger partial charge in [-0.25, -0.2) is 0 Å². The zero-order chi connectivity index (χ0) is 15.5. The molecule has 1 aromatic carbocycles. The van der Waals surface area contributed by atoms with Gasteiger partial charge in [0.05, 0.1) is 24.7 Å². The maximum absolute atomic E-state index is 11.7. The van der Waals surface area contributed by atoms with Crippen molar-refractivity contribution in [3.63, 3.8) is 0 Å². The summed E-state index contributed by atoms with van der Waals surface area (Å²) < 4.78 is 4.79. The second kappa shape index (κ2) is 9.50. The van der Waals surface area contributed by atoms with Crippen LogP contribution in [0.4, 0.5) is 5.69 Å². The zero-order valence-electron chi connectivity index (χ0n) is 12.0. The minimum absolute atomic E-state index is 0.122. The van der Waals surface area contributed by atoms with E-state index in [2.05, 4.69) is 10.6 Å². The summed E-state index contributed by atoms with van der Waals surface area (Å²) in [6.07, 6.45) is 0.605. The molecule has 6 nitrogen and oxygen atoms in total. The van der Waals surface area contributed by atoms with E-state index in [1.807, 2.05) is 6.07 Å². The number of hydrogen-bond acceptors (Lipinski definition) is 5. The highest BCUT2D eigenvalue weighted by molar-refractivity contribution is 5.90. The molecule has 0 spiro atoms. The van der Waals surface area contributed by atoms with Crippen molar-refractivity contribution in [2.75, 3.05) is 25.0 Å². The summed E-state index contributed by atoms with van der Waals surface area (Å²) in [4.78, 5) is 22.7. The number of nitrogens with one attached hydrogen (secondary N) is 2. The lowest BCUT2D eigenvalue weighted by atomic mass is 10.2. The zero-order valence-corrected chi connectivity index (χ0v) is 12.0. The van der Waals surface area contributed by atoms with Gasteiger partial charge in [-0.05, 0) is 31.2 Å². The SMILES string of the molecule is CCOC(=O)CCNCCC(=O)Nc1ccc(C#N)cc1. The summed E-state index contributed by atoms with van der Waals surface area (Å²) >= 11 is 0. The van der Waals surface area contributed by atoms with E-state index in [4.69, 9.17) is 10.00 Å². The van der Waals surface area contributed by atoms with Crippen LogP contribution < -0.4 is 10.6 Å². The van der Waals surface area contributed by atoms with E-state index in [-0.39, 0.29) is 11.9 Å². The van der Waals surface area contributed by atoms with Crippen molar-refractivity contribution >= 4 is 17.6 Å². The van der Waals surface area contributed by atoms with Gasteiger partial charge in [0.1, 0.15) is 0 Å². The Kier molecular flexibility index (Phi) is 7.54. The van der Waals surface area contributed by atoms with Crippen molar-refractivity contribution in [3.05, 3.63) is 29.8 Å². The van der Waals surface area contributed by atoms with Gasteiger partial charge in [-0.15, -0.1) is 0 Å². The molecule has 1 aromatic rings. The minimum Gasteiger partial charge on any atom is -0.466 e. The van der Waals surface area contributed by atoms with Gasteiger partial charge in [0.15, 0.2) is 0 Å². The fraction of sp³-hybridized carbons (Fsp3) is 0.400. The lowest BCUT2D eigenvalue weighted by Crippen LogP contribution is -2.24. The number of rotatable bonds is 8. The van der Waals surface area contributed by atoms with E-state index >= 15 is 0 Å². The Labute approximate surface area is 124 Å². The van der Waals surface area contributed by atoms with Crippen LogP contribution >= 0.6 is 0 Å². The van der Waals surface area contributed by atoms with Crippen molar-refractivity contribution in [2.45, 2.75) is 19.8 Å². The van der Waals surface area contributed by atoms with Crippen molar-refractivity contribution in [1.82, 2.24) is 5.32 Å². The third kappa shape index (κ3) is 7.09. The van der Waals surface area contributed by atoms with Crippen LogP contribution in [0.25, 0.3) is 0 Å². The molecule has 0 bridgehead atoms. The molecule has 0 saturated heterocycles. The van der Waals surface area contributed by atoms with E-state index in [0.29, 0.717) is 43.8 Å². The van der Waals surface area contributed by atoms with E-state index in [1.165, 1.54) is 0 Å². The Hall–Kier alpha value is -2.39. The lowest BCUT2D eigenvalue weighted by molar-refractivity contribution is -0.142. The number of esters is 1. The van der Waals surface area contributed by atoms with Gasteiger partial charge in [0.25, 0.3) is 0 Å². The highest BCUT2D eigenvalue weighted by atomic mass is 16.5. The molecule has 0 radical (unpaired) electrons. The first-order valence-electron chi connectivity index (χ1n) is 6.82. The van der Waals surface area contributed by atoms with Crippen LogP contribution in [-0.2, 0) is 14.3 Å². The monoisotopic (exact) mass is 289 g/mol. The van der Waals surface area contributed by atoms with Crippen molar-refractivity contribution in [1.29, 1.82) is 5.26 Å². The number of anilines is 1. The molecule has 0 fully saturated rings. The number of amides is 1.